The summed E-state index contributed by atoms with van der Waals surface area (Å²) in [6, 6.07) is 9.90. The summed E-state index contributed by atoms with van der Waals surface area (Å²) in [6.07, 6.45) is 0. The summed E-state index contributed by atoms with van der Waals surface area (Å²) in [5.41, 5.74) is 2.86. The van der Waals surface area contributed by atoms with E-state index in [-0.39, 0.29) is 23.8 Å². The van der Waals surface area contributed by atoms with Gasteiger partial charge in [-0.2, -0.15) is 0 Å². The van der Waals surface area contributed by atoms with E-state index in [4.69, 9.17) is 0 Å². The van der Waals surface area contributed by atoms with Crippen LogP contribution in [0.25, 0.3) is 0 Å². The maximum absolute atomic E-state index is 12.2. The molecule has 0 radical (unpaired) electrons. The maximum atomic E-state index is 12.2. The summed E-state index contributed by atoms with van der Waals surface area (Å²) in [5, 5.41) is 19.3. The Labute approximate surface area is 150 Å². The first kappa shape index (κ1) is 18.9. The molecule has 0 atom stereocenters. The lowest BCUT2D eigenvalue weighted by Crippen LogP contribution is -2.22. The number of nitrogens with zero attached hydrogens (tertiary/aromatic N) is 1. The van der Waals surface area contributed by atoms with Crippen LogP contribution >= 0.6 is 0 Å². The second-order valence-electron chi connectivity index (χ2n) is 5.84. The molecule has 2 rings (SSSR count). The fourth-order valence-electron chi connectivity index (χ4n) is 2.42. The number of hydrogen-bond acceptors (Lipinski definition) is 5. The normalized spacial score (nSPS) is 10.1. The molecule has 0 aliphatic heterocycles. The van der Waals surface area contributed by atoms with Gasteiger partial charge in [-0.25, -0.2) is 0 Å². The summed E-state index contributed by atoms with van der Waals surface area (Å²) in [6.45, 7) is 4.90. The molecule has 2 aromatic carbocycles. The topological polar surface area (TPSA) is 113 Å². The van der Waals surface area contributed by atoms with Crippen molar-refractivity contribution in [3.8, 4) is 0 Å². The van der Waals surface area contributed by atoms with E-state index in [1.54, 1.807) is 31.2 Å². The molecule has 0 saturated heterocycles. The van der Waals surface area contributed by atoms with E-state index in [9.17, 15) is 19.7 Å². The Balaban J connectivity index is 2.06. The van der Waals surface area contributed by atoms with Gasteiger partial charge in [-0.1, -0.05) is 12.1 Å². The molecule has 0 spiro atoms. The first-order chi connectivity index (χ1) is 12.3. The highest BCUT2D eigenvalue weighted by Crippen LogP contribution is 2.26. The van der Waals surface area contributed by atoms with Crippen molar-refractivity contribution in [2.45, 2.75) is 20.8 Å². The average molecular weight is 356 g/mol. The van der Waals surface area contributed by atoms with Crippen LogP contribution in [0.2, 0.25) is 0 Å². The first-order valence-corrected chi connectivity index (χ1v) is 7.94. The molecular weight excluding hydrogens is 336 g/mol. The van der Waals surface area contributed by atoms with E-state index in [2.05, 4.69) is 16.0 Å². The van der Waals surface area contributed by atoms with Crippen molar-refractivity contribution in [3.63, 3.8) is 0 Å². The molecule has 0 aliphatic rings. The second kappa shape index (κ2) is 8.11. The van der Waals surface area contributed by atoms with Gasteiger partial charge in [0, 0.05) is 24.4 Å². The molecule has 0 aliphatic carbocycles. The third-order valence-corrected chi connectivity index (χ3v) is 3.71. The van der Waals surface area contributed by atoms with Crippen LogP contribution in [0.3, 0.4) is 0 Å². The van der Waals surface area contributed by atoms with Crippen LogP contribution in [0, 0.1) is 24.0 Å². The first-order valence-electron chi connectivity index (χ1n) is 7.94. The molecular formula is C18H20N4O4. The van der Waals surface area contributed by atoms with E-state index >= 15 is 0 Å². The Kier molecular flexibility index (Phi) is 5.90. The smallest absolute Gasteiger partial charge is 0.293 e. The van der Waals surface area contributed by atoms with Crippen molar-refractivity contribution in [2.24, 2.45) is 0 Å². The average Bonchev–Trinajstić information content (AvgIpc) is 2.56. The zero-order chi connectivity index (χ0) is 19.3. The Morgan fingerprint density at radius 2 is 1.73 bits per heavy atom. The predicted molar refractivity (Wildman–Crippen MR) is 100 cm³/mol. The monoisotopic (exact) mass is 356 g/mol. The molecule has 26 heavy (non-hydrogen) atoms. The van der Waals surface area contributed by atoms with Gasteiger partial charge in [0.2, 0.25) is 11.8 Å². The molecule has 0 fully saturated rings. The molecule has 0 aromatic heterocycles. The SMILES string of the molecule is CC(=O)Nc1cccc(NCC(=O)Nc2ccc(C)cc2[N+](=O)[O-])c1C. The van der Waals surface area contributed by atoms with Crippen LogP contribution in [0.1, 0.15) is 18.1 Å². The summed E-state index contributed by atoms with van der Waals surface area (Å²) in [7, 11) is 0. The lowest BCUT2D eigenvalue weighted by molar-refractivity contribution is -0.384. The van der Waals surface area contributed by atoms with Crippen molar-refractivity contribution in [1.82, 2.24) is 0 Å². The number of nitrogens with one attached hydrogen (secondary N) is 3. The molecule has 2 amide bonds. The van der Waals surface area contributed by atoms with Crippen LogP contribution in [0.15, 0.2) is 36.4 Å². The molecule has 136 valence electrons. The minimum Gasteiger partial charge on any atom is -0.376 e. The van der Waals surface area contributed by atoms with Crippen LogP contribution < -0.4 is 16.0 Å². The molecule has 8 nitrogen and oxygen atoms in total. The lowest BCUT2D eigenvalue weighted by Gasteiger charge is -2.13. The predicted octanol–water partition coefficient (Wildman–Crippen LogP) is 3.22. The van der Waals surface area contributed by atoms with Gasteiger partial charge in [-0.05, 0) is 43.2 Å². The van der Waals surface area contributed by atoms with E-state index < -0.39 is 10.8 Å². The van der Waals surface area contributed by atoms with Gasteiger partial charge >= 0.3 is 0 Å². The summed E-state index contributed by atoms with van der Waals surface area (Å²) in [5.74, 6) is -0.601. The van der Waals surface area contributed by atoms with E-state index in [0.29, 0.717) is 11.4 Å². The minimum atomic E-state index is -0.531. The van der Waals surface area contributed by atoms with Gasteiger partial charge in [-0.15, -0.1) is 0 Å². The van der Waals surface area contributed by atoms with Crippen LogP contribution in [0.4, 0.5) is 22.7 Å². The third kappa shape index (κ3) is 4.79. The van der Waals surface area contributed by atoms with Crippen LogP contribution in [0.5, 0.6) is 0 Å². The number of amides is 2. The van der Waals surface area contributed by atoms with Crippen LogP contribution in [-0.2, 0) is 9.59 Å². The number of aryl methyl sites for hydroxylation is 1. The highest BCUT2D eigenvalue weighted by Gasteiger charge is 2.16. The Morgan fingerprint density at radius 1 is 1.04 bits per heavy atom. The summed E-state index contributed by atoms with van der Waals surface area (Å²) in [4.78, 5) is 33.9. The zero-order valence-electron chi connectivity index (χ0n) is 14.8. The Hall–Kier alpha value is -3.42. The summed E-state index contributed by atoms with van der Waals surface area (Å²) < 4.78 is 0. The third-order valence-electron chi connectivity index (χ3n) is 3.71. The number of hydrogen-bond donors (Lipinski definition) is 3. The van der Waals surface area contributed by atoms with Gasteiger partial charge in [0.15, 0.2) is 0 Å². The molecule has 0 unspecified atom stereocenters. The number of rotatable bonds is 6. The van der Waals surface area contributed by atoms with E-state index in [1.807, 2.05) is 6.92 Å². The second-order valence-corrected chi connectivity index (χ2v) is 5.84. The number of nitro benzene ring substituents is 1. The number of anilines is 3. The number of carbonyl (C=O) groups is 2. The fraction of sp³-hybridized carbons (Fsp3) is 0.222. The van der Waals surface area contributed by atoms with Crippen molar-refractivity contribution in [2.75, 3.05) is 22.5 Å². The van der Waals surface area contributed by atoms with Gasteiger partial charge in [0.1, 0.15) is 5.69 Å². The minimum absolute atomic E-state index is 0.0740. The highest BCUT2D eigenvalue weighted by atomic mass is 16.6. The van der Waals surface area contributed by atoms with Gasteiger partial charge < -0.3 is 16.0 Å². The van der Waals surface area contributed by atoms with Crippen molar-refractivity contribution >= 4 is 34.6 Å². The van der Waals surface area contributed by atoms with Gasteiger partial charge in [0.25, 0.3) is 5.69 Å². The zero-order valence-corrected chi connectivity index (χ0v) is 14.8. The molecule has 2 aromatic rings. The van der Waals surface area contributed by atoms with Crippen molar-refractivity contribution in [3.05, 3.63) is 57.6 Å². The standard InChI is InChI=1S/C18H20N4O4/c1-11-7-8-16(17(9-11)22(25)26)21-18(24)10-19-14-5-4-6-15(12(14)2)20-13(3)23/h4-9,19H,10H2,1-3H3,(H,20,23)(H,21,24). The summed E-state index contributed by atoms with van der Waals surface area (Å²) >= 11 is 0. The molecule has 0 saturated carbocycles. The van der Waals surface area contributed by atoms with Crippen LogP contribution in [-0.4, -0.2) is 23.3 Å². The largest absolute Gasteiger partial charge is 0.376 e. The Morgan fingerprint density at radius 3 is 2.38 bits per heavy atom. The molecule has 3 N–H and O–H groups in total. The highest BCUT2D eigenvalue weighted by molar-refractivity contribution is 5.96. The van der Waals surface area contributed by atoms with E-state index in [1.165, 1.54) is 19.1 Å². The lowest BCUT2D eigenvalue weighted by atomic mass is 10.1. The number of benzene rings is 2. The van der Waals surface area contributed by atoms with Gasteiger partial charge in [-0.3, -0.25) is 19.7 Å². The molecule has 0 bridgehead atoms. The Bertz CT molecular complexity index is 864. The fourth-order valence-corrected chi connectivity index (χ4v) is 2.42. The van der Waals surface area contributed by atoms with Gasteiger partial charge in [0.05, 0.1) is 11.5 Å². The maximum Gasteiger partial charge on any atom is 0.293 e. The molecule has 8 heteroatoms. The van der Waals surface area contributed by atoms with Crippen molar-refractivity contribution < 1.29 is 14.5 Å². The van der Waals surface area contributed by atoms with Crippen molar-refractivity contribution in [1.29, 1.82) is 0 Å². The quantitative estimate of drug-likeness (QED) is 0.543. The van der Waals surface area contributed by atoms with E-state index in [0.717, 1.165) is 11.1 Å². The number of nitro groups is 1. The molecule has 0 heterocycles. The number of carbonyl (C=O) groups excluding carboxylic acids is 2.